The van der Waals surface area contributed by atoms with E-state index >= 15 is 0 Å². The van der Waals surface area contributed by atoms with E-state index in [2.05, 4.69) is 0 Å². The van der Waals surface area contributed by atoms with E-state index in [0.717, 1.165) is 32.1 Å². The van der Waals surface area contributed by atoms with Gasteiger partial charge in [0.25, 0.3) is 11.5 Å². The van der Waals surface area contributed by atoms with Crippen LogP contribution in [0.4, 0.5) is 4.39 Å². The summed E-state index contributed by atoms with van der Waals surface area (Å²) >= 11 is 0. The molecule has 3 aliphatic rings. The number of hydrogen-bond donors (Lipinski definition) is 1. The summed E-state index contributed by atoms with van der Waals surface area (Å²) in [6.07, 6.45) is 9.96. The Morgan fingerprint density at radius 2 is 1.80 bits per heavy atom. The fraction of sp³-hybridized carbons (Fsp3) is 0.594. The molecule has 40 heavy (non-hydrogen) atoms. The number of nitrogens with zero attached hydrogens (tertiary/aromatic N) is 3. The highest BCUT2D eigenvalue weighted by Crippen LogP contribution is 2.52. The molecule has 1 aromatic carbocycles. The van der Waals surface area contributed by atoms with E-state index in [4.69, 9.17) is 0 Å². The summed E-state index contributed by atoms with van der Waals surface area (Å²) in [6, 6.07) is 7.40. The van der Waals surface area contributed by atoms with Crippen molar-refractivity contribution in [2.75, 3.05) is 27.2 Å². The highest BCUT2D eigenvalue weighted by atomic mass is 19.1. The van der Waals surface area contributed by atoms with Crippen molar-refractivity contribution in [2.24, 2.45) is 17.3 Å². The van der Waals surface area contributed by atoms with Crippen LogP contribution in [0.5, 0.6) is 0 Å². The molecule has 1 aromatic heterocycles. The van der Waals surface area contributed by atoms with Crippen LogP contribution >= 0.6 is 0 Å². The van der Waals surface area contributed by atoms with Gasteiger partial charge in [-0.15, -0.1) is 0 Å². The minimum atomic E-state index is -1.21. The summed E-state index contributed by atoms with van der Waals surface area (Å²) < 4.78 is 16.1. The van der Waals surface area contributed by atoms with Gasteiger partial charge in [0.15, 0.2) is 0 Å². The number of likely N-dealkylation sites (tertiary alicyclic amines) is 1. The Hall–Kier alpha value is -3.00. The lowest BCUT2D eigenvalue weighted by molar-refractivity contribution is -0.163. The smallest absolute Gasteiger partial charge is 0.255 e. The number of amides is 2. The first-order chi connectivity index (χ1) is 19.0. The fourth-order valence-corrected chi connectivity index (χ4v) is 7.22. The van der Waals surface area contributed by atoms with Gasteiger partial charge in [0.05, 0.1) is 17.7 Å². The molecule has 5 rings (SSSR count). The number of piperidine rings is 1. The van der Waals surface area contributed by atoms with Gasteiger partial charge in [-0.3, -0.25) is 14.4 Å². The first kappa shape index (κ1) is 28.5. The van der Waals surface area contributed by atoms with Gasteiger partial charge in [0, 0.05) is 61.9 Å². The zero-order valence-electron chi connectivity index (χ0n) is 24.0. The van der Waals surface area contributed by atoms with Gasteiger partial charge in [-0.05, 0) is 37.7 Å². The Balaban J connectivity index is 1.45. The maximum atomic E-state index is 14.7. The van der Waals surface area contributed by atoms with Crippen LogP contribution in [0.1, 0.15) is 75.1 Å². The number of rotatable bonds is 7. The third kappa shape index (κ3) is 5.22. The summed E-state index contributed by atoms with van der Waals surface area (Å²) in [7, 11) is 3.23. The van der Waals surface area contributed by atoms with Crippen LogP contribution in [0.15, 0.2) is 41.3 Å². The van der Waals surface area contributed by atoms with Crippen LogP contribution in [0.2, 0.25) is 0 Å². The zero-order chi connectivity index (χ0) is 28.7. The molecule has 1 aliphatic heterocycles. The van der Waals surface area contributed by atoms with Crippen molar-refractivity contribution >= 4 is 11.8 Å². The third-order valence-corrected chi connectivity index (χ3v) is 9.84. The predicted octanol–water partition coefficient (Wildman–Crippen LogP) is 4.71. The number of halogens is 1. The normalized spacial score (nSPS) is 23.2. The highest BCUT2D eigenvalue weighted by Gasteiger charge is 2.55. The summed E-state index contributed by atoms with van der Waals surface area (Å²) in [5.41, 5.74) is -1.49. The lowest BCUT2D eigenvalue weighted by Crippen LogP contribution is -2.62. The maximum Gasteiger partial charge on any atom is 0.255 e. The van der Waals surface area contributed by atoms with Crippen molar-refractivity contribution in [3.05, 3.63) is 58.3 Å². The van der Waals surface area contributed by atoms with Crippen LogP contribution in [-0.4, -0.2) is 64.1 Å². The largest absolute Gasteiger partial charge is 0.387 e. The molecule has 0 unspecified atom stereocenters. The summed E-state index contributed by atoms with van der Waals surface area (Å²) in [5, 5.41) is 12.2. The maximum absolute atomic E-state index is 14.7. The van der Waals surface area contributed by atoms with E-state index in [0.29, 0.717) is 25.4 Å². The molecule has 7 nitrogen and oxygen atoms in total. The Labute approximate surface area is 236 Å². The number of pyridine rings is 1. The van der Waals surface area contributed by atoms with Crippen molar-refractivity contribution in [2.45, 2.75) is 76.9 Å². The molecule has 2 atom stereocenters. The van der Waals surface area contributed by atoms with Crippen molar-refractivity contribution < 1.29 is 19.1 Å². The fourth-order valence-electron chi connectivity index (χ4n) is 7.22. The average molecular weight is 552 g/mol. The molecule has 2 heterocycles. The second kappa shape index (κ2) is 11.1. The van der Waals surface area contributed by atoms with Gasteiger partial charge < -0.3 is 19.5 Å². The molecular weight excluding hydrogens is 509 g/mol. The van der Waals surface area contributed by atoms with E-state index in [1.54, 1.807) is 32.3 Å². The first-order valence-corrected chi connectivity index (χ1v) is 14.8. The quantitative estimate of drug-likeness (QED) is 0.541. The first-order valence-electron chi connectivity index (χ1n) is 14.8. The number of aromatic nitrogens is 1. The number of aliphatic hydroxyl groups is 1. The monoisotopic (exact) mass is 551 g/mol. The number of carbonyl (C=O) groups excluding carboxylic acids is 2. The van der Waals surface area contributed by atoms with Gasteiger partial charge >= 0.3 is 0 Å². The molecule has 0 bridgehead atoms. The lowest BCUT2D eigenvalue weighted by Gasteiger charge is -2.53. The highest BCUT2D eigenvalue weighted by molar-refractivity contribution is 6.00. The van der Waals surface area contributed by atoms with Gasteiger partial charge in [-0.1, -0.05) is 57.2 Å². The van der Waals surface area contributed by atoms with Crippen molar-refractivity contribution in [1.82, 2.24) is 14.4 Å². The number of benzene rings is 1. The molecule has 1 saturated heterocycles. The van der Waals surface area contributed by atoms with Gasteiger partial charge in [0.2, 0.25) is 5.91 Å². The molecule has 1 spiro atoms. The summed E-state index contributed by atoms with van der Waals surface area (Å²) in [5.74, 6) is -0.0667. The van der Waals surface area contributed by atoms with E-state index in [1.165, 1.54) is 47.1 Å². The molecule has 1 N–H and O–H groups in total. The van der Waals surface area contributed by atoms with Crippen molar-refractivity contribution in [3.63, 3.8) is 0 Å². The molecule has 0 radical (unpaired) electrons. The number of hydrogen-bond acceptors (Lipinski definition) is 4. The molecule has 8 heteroatoms. The van der Waals surface area contributed by atoms with Crippen LogP contribution in [0.25, 0.3) is 11.1 Å². The molecule has 2 aromatic rings. The minimum Gasteiger partial charge on any atom is -0.387 e. The summed E-state index contributed by atoms with van der Waals surface area (Å²) in [4.78, 5) is 43.4. The van der Waals surface area contributed by atoms with E-state index in [9.17, 15) is 23.9 Å². The minimum absolute atomic E-state index is 0.0246. The SMILES string of the molecule is C[C@H](CC1CCC1)C(=O)N1CC[C@](O)(Cn2cc(C(=O)N(C)C)c(-c3ccccc3F)cc2=O)C2(CCCC2)C1. The molecule has 216 valence electrons. The van der Waals surface area contributed by atoms with Crippen LogP contribution in [0.3, 0.4) is 0 Å². The van der Waals surface area contributed by atoms with Gasteiger partial charge in [-0.2, -0.15) is 0 Å². The van der Waals surface area contributed by atoms with Crippen LogP contribution in [-0.2, 0) is 11.3 Å². The molecular formula is C32H42FN3O4. The van der Waals surface area contributed by atoms with Crippen molar-refractivity contribution in [1.29, 1.82) is 0 Å². The predicted molar refractivity (Wildman–Crippen MR) is 152 cm³/mol. The Morgan fingerprint density at radius 3 is 2.42 bits per heavy atom. The van der Waals surface area contributed by atoms with Crippen molar-refractivity contribution in [3.8, 4) is 11.1 Å². The van der Waals surface area contributed by atoms with Gasteiger partial charge in [-0.25, -0.2) is 4.39 Å². The van der Waals surface area contributed by atoms with Crippen LogP contribution in [0, 0.1) is 23.1 Å². The Morgan fingerprint density at radius 1 is 1.10 bits per heavy atom. The van der Waals surface area contributed by atoms with E-state index in [-0.39, 0.29) is 41.0 Å². The third-order valence-electron chi connectivity index (χ3n) is 9.84. The second-order valence-electron chi connectivity index (χ2n) is 12.7. The lowest BCUT2D eigenvalue weighted by atomic mass is 9.65. The molecule has 3 fully saturated rings. The summed E-state index contributed by atoms with van der Waals surface area (Å²) in [6.45, 7) is 2.99. The molecule has 2 amide bonds. The van der Waals surface area contributed by atoms with E-state index in [1.807, 2.05) is 11.8 Å². The average Bonchev–Trinajstić information content (AvgIpc) is 3.38. The van der Waals surface area contributed by atoms with Gasteiger partial charge in [0.1, 0.15) is 5.82 Å². The zero-order valence-corrected chi connectivity index (χ0v) is 24.0. The molecule has 2 aliphatic carbocycles. The van der Waals surface area contributed by atoms with E-state index < -0.39 is 22.4 Å². The topological polar surface area (TPSA) is 82.8 Å². The second-order valence-corrected chi connectivity index (χ2v) is 12.7. The Bertz CT molecular complexity index is 1330. The standard InChI is InChI=1S/C32H42FN3O4/c1-22(17-23-9-8-10-23)29(38)35-16-15-32(40,31(20-35)13-6-7-14-31)21-36-19-26(30(39)34(2)3)25(18-28(36)37)24-11-4-5-12-27(24)33/h4-5,11-12,18-19,22-23,40H,6-10,13-17,20-21H2,1-3H3/t22-,32+/m1/s1. The molecule has 2 saturated carbocycles. The van der Waals surface area contributed by atoms with Crippen LogP contribution < -0.4 is 5.56 Å². The number of carbonyl (C=O) groups is 2. The Kier molecular flexibility index (Phi) is 7.92.